The summed E-state index contributed by atoms with van der Waals surface area (Å²) in [6.07, 6.45) is 4.50. The van der Waals surface area contributed by atoms with Crippen LogP contribution in [-0.4, -0.2) is 23.6 Å². The number of rotatable bonds is 9. The second-order valence-corrected chi connectivity index (χ2v) is 5.28. The van der Waals surface area contributed by atoms with Crippen molar-refractivity contribution in [3.63, 3.8) is 0 Å². The Kier molecular flexibility index (Phi) is 7.81. The Morgan fingerprint density at radius 3 is 2.64 bits per heavy atom. The zero-order valence-electron chi connectivity index (χ0n) is 13.0. The number of carbonyl (C=O) groups excluding carboxylic acids is 2. The van der Waals surface area contributed by atoms with Gasteiger partial charge in [-0.15, -0.1) is 0 Å². The van der Waals surface area contributed by atoms with E-state index in [0.717, 1.165) is 19.3 Å². The van der Waals surface area contributed by atoms with Gasteiger partial charge >= 0.3 is 6.03 Å². The molecule has 6 heteroatoms. The summed E-state index contributed by atoms with van der Waals surface area (Å²) in [4.78, 5) is 22.5. The van der Waals surface area contributed by atoms with Crippen LogP contribution in [0.15, 0.2) is 18.2 Å². The molecule has 0 radical (unpaired) electrons. The van der Waals surface area contributed by atoms with Crippen molar-refractivity contribution in [1.29, 1.82) is 0 Å². The molecular formula is C16H25N3O3. The van der Waals surface area contributed by atoms with Crippen molar-refractivity contribution in [2.24, 2.45) is 5.73 Å². The van der Waals surface area contributed by atoms with Crippen LogP contribution in [0.1, 0.15) is 43.7 Å². The van der Waals surface area contributed by atoms with E-state index in [4.69, 9.17) is 5.73 Å². The molecule has 1 aromatic rings. The van der Waals surface area contributed by atoms with Crippen LogP contribution in [0.25, 0.3) is 0 Å². The van der Waals surface area contributed by atoms with Crippen molar-refractivity contribution < 1.29 is 14.7 Å². The van der Waals surface area contributed by atoms with Crippen LogP contribution >= 0.6 is 0 Å². The number of amides is 3. The number of aromatic hydroxyl groups is 1. The Morgan fingerprint density at radius 2 is 1.95 bits per heavy atom. The van der Waals surface area contributed by atoms with Crippen LogP contribution in [0.5, 0.6) is 5.75 Å². The average Bonchev–Trinajstić information content (AvgIpc) is 2.47. The van der Waals surface area contributed by atoms with E-state index >= 15 is 0 Å². The van der Waals surface area contributed by atoms with Crippen LogP contribution < -0.4 is 16.4 Å². The Bertz CT molecular complexity index is 503. The second kappa shape index (κ2) is 9.65. The molecule has 0 fully saturated rings. The number of primary amides is 1. The van der Waals surface area contributed by atoms with Crippen LogP contribution in [0.4, 0.5) is 4.79 Å². The smallest absolute Gasteiger partial charge is 0.315 e. The summed E-state index contributed by atoms with van der Waals surface area (Å²) < 4.78 is 0. The molecule has 0 aromatic heterocycles. The summed E-state index contributed by atoms with van der Waals surface area (Å²) in [5.41, 5.74) is 6.41. The molecule has 6 nitrogen and oxygen atoms in total. The fourth-order valence-corrected chi connectivity index (χ4v) is 2.08. The molecule has 3 amide bonds. The van der Waals surface area contributed by atoms with Crippen molar-refractivity contribution in [3.8, 4) is 5.75 Å². The molecule has 0 atom stereocenters. The minimum Gasteiger partial charge on any atom is -0.508 e. The van der Waals surface area contributed by atoms with Crippen LogP contribution in [0, 0.1) is 0 Å². The van der Waals surface area contributed by atoms with E-state index in [9.17, 15) is 14.7 Å². The number of urea groups is 1. The van der Waals surface area contributed by atoms with E-state index in [0.29, 0.717) is 17.7 Å². The predicted octanol–water partition coefficient (Wildman–Crippen LogP) is 1.80. The maximum absolute atomic E-state index is 11.6. The molecule has 1 rings (SSSR count). The number of hydrogen-bond donors (Lipinski definition) is 4. The van der Waals surface area contributed by atoms with Gasteiger partial charge in [0.15, 0.2) is 0 Å². The van der Waals surface area contributed by atoms with Gasteiger partial charge in [-0.1, -0.05) is 32.3 Å². The number of benzene rings is 1. The maximum atomic E-state index is 11.6. The first-order chi connectivity index (χ1) is 10.5. The number of phenolic OH excluding ortho intramolecular Hbond substituents is 1. The lowest BCUT2D eigenvalue weighted by molar-refractivity contribution is -0.117. The number of unbranched alkanes of at least 4 members (excludes halogenated alkanes) is 3. The van der Waals surface area contributed by atoms with Gasteiger partial charge in [-0.25, -0.2) is 4.79 Å². The first-order valence-electron chi connectivity index (χ1n) is 7.63. The SMILES string of the molecule is CCCCCCNC(=O)NCc1cc(CC(N)=O)ccc1O. The summed E-state index contributed by atoms with van der Waals surface area (Å²) in [6.45, 7) is 2.97. The summed E-state index contributed by atoms with van der Waals surface area (Å²) >= 11 is 0. The Morgan fingerprint density at radius 1 is 1.18 bits per heavy atom. The molecule has 0 aliphatic carbocycles. The second-order valence-electron chi connectivity index (χ2n) is 5.28. The third-order valence-electron chi connectivity index (χ3n) is 3.28. The third kappa shape index (κ3) is 6.97. The van der Waals surface area contributed by atoms with Crippen molar-refractivity contribution in [2.45, 2.75) is 45.6 Å². The van der Waals surface area contributed by atoms with Crippen LogP contribution in [0.3, 0.4) is 0 Å². The largest absolute Gasteiger partial charge is 0.508 e. The Balaban J connectivity index is 2.39. The molecule has 0 aliphatic heterocycles. The first kappa shape index (κ1) is 17.8. The Labute approximate surface area is 131 Å². The zero-order chi connectivity index (χ0) is 16.4. The van der Waals surface area contributed by atoms with Gasteiger partial charge in [0, 0.05) is 18.7 Å². The fourth-order valence-electron chi connectivity index (χ4n) is 2.08. The van der Waals surface area contributed by atoms with E-state index in [1.165, 1.54) is 12.5 Å². The van der Waals surface area contributed by atoms with Crippen molar-refractivity contribution in [1.82, 2.24) is 10.6 Å². The third-order valence-corrected chi connectivity index (χ3v) is 3.28. The van der Waals surface area contributed by atoms with E-state index in [1.807, 2.05) is 0 Å². The monoisotopic (exact) mass is 307 g/mol. The highest BCUT2D eigenvalue weighted by molar-refractivity contribution is 5.77. The summed E-state index contributed by atoms with van der Waals surface area (Å²) in [5.74, 6) is -0.356. The average molecular weight is 307 g/mol. The quantitative estimate of drug-likeness (QED) is 0.523. The summed E-state index contributed by atoms with van der Waals surface area (Å²) in [5, 5.41) is 15.2. The standard InChI is InChI=1S/C16H25N3O3/c1-2-3-4-5-8-18-16(22)19-11-13-9-12(10-15(17)21)6-7-14(13)20/h6-7,9,20H,2-5,8,10-11H2,1H3,(H2,17,21)(H2,18,19,22). The molecular weight excluding hydrogens is 282 g/mol. The zero-order valence-corrected chi connectivity index (χ0v) is 13.0. The molecule has 0 spiro atoms. The molecule has 22 heavy (non-hydrogen) atoms. The highest BCUT2D eigenvalue weighted by atomic mass is 16.3. The lowest BCUT2D eigenvalue weighted by atomic mass is 10.1. The summed E-state index contributed by atoms with van der Waals surface area (Å²) in [6, 6.07) is 4.54. The normalized spacial score (nSPS) is 10.2. The molecule has 0 heterocycles. The van der Waals surface area contributed by atoms with Gasteiger partial charge in [0.2, 0.25) is 5.91 Å². The molecule has 0 unspecified atom stereocenters. The number of carbonyl (C=O) groups is 2. The minimum atomic E-state index is -0.436. The van der Waals surface area contributed by atoms with Crippen LogP contribution in [-0.2, 0) is 17.8 Å². The van der Waals surface area contributed by atoms with Gasteiger partial charge in [0.05, 0.1) is 6.42 Å². The molecule has 122 valence electrons. The molecule has 0 saturated heterocycles. The molecule has 1 aromatic carbocycles. The van der Waals surface area contributed by atoms with Gasteiger partial charge in [-0.2, -0.15) is 0 Å². The predicted molar refractivity (Wildman–Crippen MR) is 85.4 cm³/mol. The first-order valence-corrected chi connectivity index (χ1v) is 7.63. The lowest BCUT2D eigenvalue weighted by Gasteiger charge is -2.10. The van der Waals surface area contributed by atoms with E-state index in [2.05, 4.69) is 17.6 Å². The van der Waals surface area contributed by atoms with Gasteiger partial charge in [-0.3, -0.25) is 4.79 Å². The minimum absolute atomic E-state index is 0.0801. The highest BCUT2D eigenvalue weighted by Gasteiger charge is 2.07. The van der Waals surface area contributed by atoms with Crippen molar-refractivity contribution >= 4 is 11.9 Å². The molecule has 0 saturated carbocycles. The van der Waals surface area contributed by atoms with E-state index in [-0.39, 0.29) is 24.7 Å². The molecule has 0 aliphatic rings. The summed E-state index contributed by atoms with van der Waals surface area (Å²) in [7, 11) is 0. The number of nitrogens with two attached hydrogens (primary N) is 1. The highest BCUT2D eigenvalue weighted by Crippen LogP contribution is 2.18. The van der Waals surface area contributed by atoms with Gasteiger partial charge in [-0.05, 0) is 24.1 Å². The van der Waals surface area contributed by atoms with Crippen molar-refractivity contribution in [2.75, 3.05) is 6.54 Å². The molecule has 5 N–H and O–H groups in total. The van der Waals surface area contributed by atoms with E-state index in [1.54, 1.807) is 12.1 Å². The lowest BCUT2D eigenvalue weighted by Crippen LogP contribution is -2.35. The fraction of sp³-hybridized carbons (Fsp3) is 0.500. The van der Waals surface area contributed by atoms with Crippen LogP contribution in [0.2, 0.25) is 0 Å². The van der Waals surface area contributed by atoms with Gasteiger partial charge < -0.3 is 21.5 Å². The Hall–Kier alpha value is -2.24. The van der Waals surface area contributed by atoms with Gasteiger partial charge in [0.1, 0.15) is 5.75 Å². The topological polar surface area (TPSA) is 104 Å². The number of nitrogens with one attached hydrogen (secondary N) is 2. The maximum Gasteiger partial charge on any atom is 0.315 e. The van der Waals surface area contributed by atoms with Crippen molar-refractivity contribution in [3.05, 3.63) is 29.3 Å². The number of hydrogen-bond acceptors (Lipinski definition) is 3. The van der Waals surface area contributed by atoms with Gasteiger partial charge in [0.25, 0.3) is 0 Å². The molecule has 0 bridgehead atoms. The number of phenols is 1. The van der Waals surface area contributed by atoms with E-state index < -0.39 is 5.91 Å².